The van der Waals surface area contributed by atoms with E-state index in [-0.39, 0.29) is 23.6 Å². The highest BCUT2D eigenvalue weighted by atomic mass is 35.5. The van der Waals surface area contributed by atoms with E-state index < -0.39 is 18.0 Å². The Bertz CT molecular complexity index is 1200. The Hall–Kier alpha value is -2.91. The minimum atomic E-state index is -0.732. The number of amides is 1. The van der Waals surface area contributed by atoms with Crippen LogP contribution in [0.2, 0.25) is 5.02 Å². The summed E-state index contributed by atoms with van der Waals surface area (Å²) in [4.78, 5) is 20.0. The van der Waals surface area contributed by atoms with Crippen LogP contribution in [0.15, 0.2) is 30.6 Å². The summed E-state index contributed by atoms with van der Waals surface area (Å²) < 4.78 is 28.1. The number of rotatable bonds is 2. The van der Waals surface area contributed by atoms with E-state index in [1.807, 2.05) is 0 Å². The Morgan fingerprint density at radius 2 is 2.23 bits per heavy atom. The van der Waals surface area contributed by atoms with Crippen molar-refractivity contribution in [3.05, 3.63) is 52.6 Å². The van der Waals surface area contributed by atoms with E-state index in [1.165, 1.54) is 16.8 Å². The summed E-state index contributed by atoms with van der Waals surface area (Å²) in [5.74, 6) is -0.0228. The second-order valence-corrected chi connectivity index (χ2v) is 8.41. The normalized spacial score (nSPS) is 24.8. The molecule has 6 rings (SSSR count). The van der Waals surface area contributed by atoms with Gasteiger partial charge in [-0.15, -0.1) is 0 Å². The number of hydrogen-bond acceptors (Lipinski definition) is 6. The van der Waals surface area contributed by atoms with Crippen LogP contribution in [0.5, 0.6) is 11.6 Å². The number of hydrogen-bond donors (Lipinski definition) is 1. The van der Waals surface area contributed by atoms with Crippen LogP contribution in [0.3, 0.4) is 0 Å². The number of nitrogens with zero attached hydrogens (tertiary/aromatic N) is 4. The van der Waals surface area contributed by atoms with Crippen molar-refractivity contribution in [2.75, 3.05) is 19.7 Å². The Kier molecular flexibility index (Phi) is 4.29. The molecule has 0 radical (unpaired) electrons. The fourth-order valence-electron chi connectivity index (χ4n) is 4.66. The SMILES string of the molecule is O=C1c2cnn3ccc(nc23)OC2c3c(ccc(F)c3Cl)OCC2N1CC1CCCN1. The molecule has 31 heavy (non-hydrogen) atoms. The molecule has 3 unspecified atom stereocenters. The molecule has 3 aliphatic heterocycles. The van der Waals surface area contributed by atoms with E-state index in [4.69, 9.17) is 21.1 Å². The first-order chi connectivity index (χ1) is 15.1. The average Bonchev–Trinajstić information content (AvgIpc) is 3.44. The summed E-state index contributed by atoms with van der Waals surface area (Å²) in [6.07, 6.45) is 4.49. The lowest BCUT2D eigenvalue weighted by atomic mass is 9.96. The van der Waals surface area contributed by atoms with Gasteiger partial charge in [-0.3, -0.25) is 4.79 Å². The molecule has 1 N–H and O–H groups in total. The third-order valence-electron chi connectivity index (χ3n) is 6.20. The van der Waals surface area contributed by atoms with E-state index in [1.54, 1.807) is 23.2 Å². The van der Waals surface area contributed by atoms with Crippen molar-refractivity contribution in [2.45, 2.75) is 31.0 Å². The fourth-order valence-corrected chi connectivity index (χ4v) is 4.92. The van der Waals surface area contributed by atoms with E-state index in [0.717, 1.165) is 19.4 Å². The minimum Gasteiger partial charge on any atom is -0.491 e. The lowest BCUT2D eigenvalue weighted by Crippen LogP contribution is -2.53. The molecular formula is C21H19ClFN5O3. The number of aromatic nitrogens is 3. The van der Waals surface area contributed by atoms with E-state index in [0.29, 0.717) is 34.9 Å². The van der Waals surface area contributed by atoms with Crippen LogP contribution < -0.4 is 14.8 Å². The molecule has 3 atom stereocenters. The summed E-state index contributed by atoms with van der Waals surface area (Å²) in [6.45, 7) is 1.56. The van der Waals surface area contributed by atoms with Crippen molar-refractivity contribution >= 4 is 23.2 Å². The van der Waals surface area contributed by atoms with Crippen LogP contribution in [0, 0.1) is 5.82 Å². The van der Waals surface area contributed by atoms with Gasteiger partial charge in [-0.2, -0.15) is 10.1 Å². The first-order valence-corrected chi connectivity index (χ1v) is 10.6. The summed E-state index contributed by atoms with van der Waals surface area (Å²) >= 11 is 6.37. The van der Waals surface area contributed by atoms with E-state index in [2.05, 4.69) is 15.4 Å². The average molecular weight is 444 g/mol. The smallest absolute Gasteiger partial charge is 0.259 e. The maximum atomic E-state index is 14.4. The molecule has 1 saturated heterocycles. The molecule has 0 aliphatic carbocycles. The number of halogens is 2. The first-order valence-electron chi connectivity index (χ1n) is 10.3. The van der Waals surface area contributed by atoms with Gasteiger partial charge in [0.1, 0.15) is 29.8 Å². The molecule has 0 spiro atoms. The number of carbonyl (C=O) groups excluding carboxylic acids is 1. The zero-order valence-electron chi connectivity index (χ0n) is 16.4. The number of ether oxygens (including phenoxy) is 2. The van der Waals surface area contributed by atoms with Crippen molar-refractivity contribution in [1.29, 1.82) is 0 Å². The van der Waals surface area contributed by atoms with E-state index in [9.17, 15) is 9.18 Å². The van der Waals surface area contributed by atoms with Crippen molar-refractivity contribution in [2.24, 2.45) is 0 Å². The Morgan fingerprint density at radius 1 is 1.32 bits per heavy atom. The summed E-state index contributed by atoms with van der Waals surface area (Å²) in [5, 5.41) is 7.62. The zero-order valence-corrected chi connectivity index (χ0v) is 17.2. The van der Waals surface area contributed by atoms with Crippen LogP contribution in [-0.4, -0.2) is 57.2 Å². The van der Waals surface area contributed by atoms with Gasteiger partial charge in [-0.25, -0.2) is 8.91 Å². The monoisotopic (exact) mass is 443 g/mol. The van der Waals surface area contributed by atoms with Crippen LogP contribution in [0.4, 0.5) is 4.39 Å². The van der Waals surface area contributed by atoms with Crippen molar-refractivity contribution in [1.82, 2.24) is 24.8 Å². The molecule has 2 bridgehead atoms. The first kappa shape index (κ1) is 18.8. The topological polar surface area (TPSA) is 81.0 Å². The minimum absolute atomic E-state index is 0.0677. The van der Waals surface area contributed by atoms with Gasteiger partial charge in [0, 0.05) is 24.8 Å². The standard InChI is InChI=1S/C21H19ClFN5O3/c22-18-13(23)3-4-15-17(18)19-14(10-30-15)27(9-11-2-1-6-24-11)21(29)12-8-25-28-7-5-16(31-19)26-20(12)28/h3-5,7-8,11,14,19,24H,1-2,6,9-10H2. The van der Waals surface area contributed by atoms with Gasteiger partial charge in [0.2, 0.25) is 5.88 Å². The Balaban J connectivity index is 1.53. The summed E-state index contributed by atoms with van der Waals surface area (Å²) in [7, 11) is 0. The zero-order chi connectivity index (χ0) is 21.1. The highest BCUT2D eigenvalue weighted by Crippen LogP contribution is 2.43. The number of carbonyl (C=O) groups is 1. The predicted octanol–water partition coefficient (Wildman–Crippen LogP) is 2.61. The van der Waals surface area contributed by atoms with Gasteiger partial charge >= 0.3 is 0 Å². The highest BCUT2D eigenvalue weighted by Gasteiger charge is 2.43. The molecule has 5 heterocycles. The summed E-state index contributed by atoms with van der Waals surface area (Å²) in [5.41, 5.74) is 1.20. The van der Waals surface area contributed by atoms with Crippen LogP contribution in [-0.2, 0) is 0 Å². The van der Waals surface area contributed by atoms with Crippen LogP contribution >= 0.6 is 11.6 Å². The highest BCUT2D eigenvalue weighted by molar-refractivity contribution is 6.31. The molecule has 1 aromatic carbocycles. The molecule has 3 aromatic rings. The number of nitrogens with one attached hydrogen (secondary N) is 1. The van der Waals surface area contributed by atoms with Crippen LogP contribution in [0.1, 0.15) is 34.9 Å². The van der Waals surface area contributed by atoms with Gasteiger partial charge < -0.3 is 19.7 Å². The Morgan fingerprint density at radius 3 is 3.06 bits per heavy atom. The maximum absolute atomic E-state index is 14.4. The van der Waals surface area contributed by atoms with Gasteiger partial charge in [0.15, 0.2) is 11.8 Å². The summed E-state index contributed by atoms with van der Waals surface area (Å²) in [6, 6.07) is 4.11. The largest absolute Gasteiger partial charge is 0.491 e. The maximum Gasteiger partial charge on any atom is 0.259 e. The van der Waals surface area contributed by atoms with Gasteiger partial charge in [0.05, 0.1) is 16.8 Å². The second-order valence-electron chi connectivity index (χ2n) is 8.03. The molecule has 10 heteroatoms. The van der Waals surface area contributed by atoms with Gasteiger partial charge in [-0.1, -0.05) is 11.6 Å². The number of fused-ring (bicyclic) bond motifs is 4. The second kappa shape index (κ2) is 7.06. The van der Waals surface area contributed by atoms with Crippen LogP contribution in [0.25, 0.3) is 5.65 Å². The molecule has 3 aliphatic rings. The van der Waals surface area contributed by atoms with E-state index >= 15 is 0 Å². The molecule has 1 fully saturated rings. The fraction of sp³-hybridized carbons (Fsp3) is 0.381. The molecule has 0 saturated carbocycles. The molecular weight excluding hydrogens is 425 g/mol. The van der Waals surface area contributed by atoms with Gasteiger partial charge in [0.25, 0.3) is 5.91 Å². The van der Waals surface area contributed by atoms with Crippen molar-refractivity contribution in [3.8, 4) is 11.6 Å². The lowest BCUT2D eigenvalue weighted by molar-refractivity contribution is 0.0128. The molecule has 1 amide bonds. The van der Waals surface area contributed by atoms with Crippen molar-refractivity contribution < 1.29 is 18.7 Å². The van der Waals surface area contributed by atoms with Crippen molar-refractivity contribution in [3.63, 3.8) is 0 Å². The molecule has 160 valence electrons. The third kappa shape index (κ3) is 2.95. The lowest BCUT2D eigenvalue weighted by Gasteiger charge is -2.41. The quantitative estimate of drug-likeness (QED) is 0.655. The molecule has 2 aromatic heterocycles. The number of benzene rings is 1. The predicted molar refractivity (Wildman–Crippen MR) is 109 cm³/mol. The Labute approximate surface area is 181 Å². The van der Waals surface area contributed by atoms with Gasteiger partial charge in [-0.05, 0) is 31.5 Å². The third-order valence-corrected chi connectivity index (χ3v) is 6.58. The molecule has 8 nitrogen and oxygen atoms in total.